The molecule has 0 unspecified atom stereocenters. The van der Waals surface area contributed by atoms with Crippen LogP contribution in [0.4, 0.5) is 10.1 Å². The summed E-state index contributed by atoms with van der Waals surface area (Å²) in [7, 11) is -3.57. The fourth-order valence-electron chi connectivity index (χ4n) is 1.98. The van der Waals surface area contributed by atoms with Gasteiger partial charge in [-0.25, -0.2) is 12.8 Å². The maximum Gasteiger partial charge on any atom is 0.243 e. The van der Waals surface area contributed by atoms with E-state index in [0.29, 0.717) is 19.0 Å². The van der Waals surface area contributed by atoms with Crippen LogP contribution >= 0.6 is 0 Å². The predicted octanol–water partition coefficient (Wildman–Crippen LogP) is 2.22. The Hall–Kier alpha value is -1.14. The van der Waals surface area contributed by atoms with E-state index in [1.54, 1.807) is 0 Å². The molecule has 0 aliphatic heterocycles. The van der Waals surface area contributed by atoms with E-state index in [2.05, 4.69) is 0 Å². The summed E-state index contributed by atoms with van der Waals surface area (Å²) >= 11 is 0. The van der Waals surface area contributed by atoms with E-state index in [4.69, 9.17) is 5.73 Å². The van der Waals surface area contributed by atoms with E-state index < -0.39 is 15.8 Å². The highest BCUT2D eigenvalue weighted by Gasteiger charge is 2.31. The van der Waals surface area contributed by atoms with Crippen molar-refractivity contribution in [1.82, 2.24) is 4.31 Å². The van der Waals surface area contributed by atoms with Crippen molar-refractivity contribution in [3.05, 3.63) is 24.0 Å². The molecule has 0 radical (unpaired) electrons. The smallest absolute Gasteiger partial charge is 0.243 e. The average Bonchev–Trinajstić information content (AvgIpc) is 3.16. The fraction of sp³-hybridized carbons (Fsp3) is 0.538. The Kier molecular flexibility index (Phi) is 4.10. The first-order valence-corrected chi connectivity index (χ1v) is 7.94. The van der Waals surface area contributed by atoms with Crippen molar-refractivity contribution in [2.24, 2.45) is 5.92 Å². The first-order valence-electron chi connectivity index (χ1n) is 6.50. The lowest BCUT2D eigenvalue weighted by molar-refractivity contribution is 0.395. The number of nitrogen functional groups attached to an aromatic ring is 1. The van der Waals surface area contributed by atoms with Gasteiger partial charge in [-0.05, 0) is 43.4 Å². The molecule has 0 heterocycles. The lowest BCUT2D eigenvalue weighted by Crippen LogP contribution is -2.33. The van der Waals surface area contributed by atoms with Gasteiger partial charge in [-0.1, -0.05) is 6.92 Å². The van der Waals surface area contributed by atoms with Gasteiger partial charge in [-0.2, -0.15) is 4.31 Å². The van der Waals surface area contributed by atoms with Crippen LogP contribution in [0.25, 0.3) is 0 Å². The summed E-state index contributed by atoms with van der Waals surface area (Å²) in [5.74, 6) is -0.123. The molecule has 2 N–H and O–H groups in total. The van der Waals surface area contributed by atoms with E-state index in [1.165, 1.54) is 16.4 Å². The molecule has 0 spiro atoms. The number of nitrogens with two attached hydrogens (primary N) is 1. The Labute approximate surface area is 113 Å². The van der Waals surface area contributed by atoms with Crippen LogP contribution in [0.2, 0.25) is 0 Å². The number of hydrogen-bond donors (Lipinski definition) is 1. The van der Waals surface area contributed by atoms with Crippen molar-refractivity contribution in [3.8, 4) is 0 Å². The number of sulfonamides is 1. The Bertz CT molecular complexity index is 556. The Balaban J connectivity index is 2.28. The van der Waals surface area contributed by atoms with Crippen molar-refractivity contribution < 1.29 is 12.8 Å². The first kappa shape index (κ1) is 14.3. The van der Waals surface area contributed by atoms with Crippen LogP contribution in [-0.4, -0.2) is 25.8 Å². The molecular weight excluding hydrogens is 267 g/mol. The molecule has 4 nitrogen and oxygen atoms in total. The summed E-state index contributed by atoms with van der Waals surface area (Å²) in [6.45, 7) is 2.97. The third-order valence-corrected chi connectivity index (χ3v) is 5.10. The lowest BCUT2D eigenvalue weighted by atomic mass is 10.3. The Morgan fingerprint density at radius 2 is 2.11 bits per heavy atom. The minimum Gasteiger partial charge on any atom is -0.396 e. The summed E-state index contributed by atoms with van der Waals surface area (Å²) in [5, 5.41) is 0. The lowest BCUT2D eigenvalue weighted by Gasteiger charge is -2.21. The van der Waals surface area contributed by atoms with E-state index in [-0.39, 0.29) is 10.6 Å². The highest BCUT2D eigenvalue weighted by molar-refractivity contribution is 7.89. The minimum atomic E-state index is -3.57. The molecule has 0 saturated heterocycles. The van der Waals surface area contributed by atoms with Crippen molar-refractivity contribution in [3.63, 3.8) is 0 Å². The number of benzene rings is 1. The van der Waals surface area contributed by atoms with Crippen molar-refractivity contribution in [1.29, 1.82) is 0 Å². The van der Waals surface area contributed by atoms with E-state index in [1.807, 2.05) is 6.92 Å². The quantitative estimate of drug-likeness (QED) is 0.816. The number of nitrogens with zero attached hydrogens (tertiary/aromatic N) is 1. The number of anilines is 1. The van der Waals surface area contributed by atoms with Gasteiger partial charge in [0.2, 0.25) is 10.0 Å². The Morgan fingerprint density at radius 1 is 1.42 bits per heavy atom. The zero-order valence-corrected chi connectivity index (χ0v) is 11.8. The molecule has 19 heavy (non-hydrogen) atoms. The average molecular weight is 286 g/mol. The van der Waals surface area contributed by atoms with Crippen LogP contribution in [0.3, 0.4) is 0 Å². The topological polar surface area (TPSA) is 63.4 Å². The summed E-state index contributed by atoms with van der Waals surface area (Å²) in [4.78, 5) is 0.0699. The molecule has 1 aliphatic carbocycles. The van der Waals surface area contributed by atoms with Crippen LogP contribution in [0.5, 0.6) is 0 Å². The maximum absolute atomic E-state index is 13.1. The molecular formula is C13H19FN2O2S. The molecule has 1 fully saturated rings. The van der Waals surface area contributed by atoms with Gasteiger partial charge in [0.15, 0.2) is 0 Å². The molecule has 106 valence electrons. The number of rotatable bonds is 6. The van der Waals surface area contributed by atoms with Gasteiger partial charge in [-0.3, -0.25) is 0 Å². The van der Waals surface area contributed by atoms with E-state index in [9.17, 15) is 12.8 Å². The second kappa shape index (κ2) is 5.46. The van der Waals surface area contributed by atoms with Crippen LogP contribution < -0.4 is 5.73 Å². The summed E-state index contributed by atoms with van der Waals surface area (Å²) < 4.78 is 39.6. The normalized spacial score (nSPS) is 15.9. The largest absolute Gasteiger partial charge is 0.396 e. The van der Waals surface area contributed by atoms with Gasteiger partial charge in [0, 0.05) is 13.1 Å². The zero-order chi connectivity index (χ0) is 14.0. The highest BCUT2D eigenvalue weighted by Crippen LogP contribution is 2.32. The van der Waals surface area contributed by atoms with E-state index in [0.717, 1.165) is 25.3 Å². The van der Waals surface area contributed by atoms with Gasteiger partial charge >= 0.3 is 0 Å². The summed E-state index contributed by atoms with van der Waals surface area (Å²) in [5.41, 5.74) is 5.31. The number of halogens is 1. The monoisotopic (exact) mass is 286 g/mol. The SMILES string of the molecule is CCCN(CC1CC1)S(=O)(=O)c1ccc(F)c(N)c1. The highest BCUT2D eigenvalue weighted by atomic mass is 32.2. The van der Waals surface area contributed by atoms with Crippen LogP contribution in [-0.2, 0) is 10.0 Å². The Morgan fingerprint density at radius 3 is 2.63 bits per heavy atom. The third kappa shape index (κ3) is 3.25. The van der Waals surface area contributed by atoms with E-state index >= 15 is 0 Å². The standard InChI is InChI=1S/C13H19FN2O2S/c1-2-7-16(9-10-3-4-10)19(17,18)11-5-6-12(14)13(15)8-11/h5-6,8,10H,2-4,7,9,15H2,1H3. The molecule has 0 aromatic heterocycles. The van der Waals surface area contributed by atoms with Gasteiger partial charge in [0.05, 0.1) is 10.6 Å². The number of hydrogen-bond acceptors (Lipinski definition) is 3. The molecule has 0 atom stereocenters. The molecule has 0 bridgehead atoms. The van der Waals surface area contributed by atoms with Gasteiger partial charge in [0.25, 0.3) is 0 Å². The van der Waals surface area contributed by atoms with Gasteiger partial charge < -0.3 is 5.73 Å². The molecule has 2 rings (SSSR count). The zero-order valence-electron chi connectivity index (χ0n) is 11.0. The van der Waals surface area contributed by atoms with Crippen LogP contribution in [0, 0.1) is 11.7 Å². The van der Waals surface area contributed by atoms with Crippen molar-refractivity contribution >= 4 is 15.7 Å². The molecule has 1 aromatic carbocycles. The molecule has 1 saturated carbocycles. The van der Waals surface area contributed by atoms with Gasteiger partial charge in [0.1, 0.15) is 5.82 Å². The molecule has 6 heteroatoms. The van der Waals surface area contributed by atoms with Crippen LogP contribution in [0.15, 0.2) is 23.1 Å². The molecule has 1 aliphatic rings. The van der Waals surface area contributed by atoms with Crippen molar-refractivity contribution in [2.75, 3.05) is 18.8 Å². The van der Waals surface area contributed by atoms with Crippen molar-refractivity contribution in [2.45, 2.75) is 31.1 Å². The van der Waals surface area contributed by atoms with Crippen LogP contribution in [0.1, 0.15) is 26.2 Å². The minimum absolute atomic E-state index is 0.0699. The second-order valence-corrected chi connectivity index (χ2v) is 6.93. The third-order valence-electron chi connectivity index (χ3n) is 3.24. The molecule has 1 aromatic rings. The molecule has 0 amide bonds. The second-order valence-electron chi connectivity index (χ2n) is 4.99. The summed E-state index contributed by atoms with van der Waals surface area (Å²) in [6.07, 6.45) is 2.92. The first-order chi connectivity index (χ1) is 8.95. The fourth-order valence-corrected chi connectivity index (χ4v) is 3.62. The van der Waals surface area contributed by atoms with Gasteiger partial charge in [-0.15, -0.1) is 0 Å². The maximum atomic E-state index is 13.1. The predicted molar refractivity (Wildman–Crippen MR) is 72.6 cm³/mol. The summed E-state index contributed by atoms with van der Waals surface area (Å²) in [6, 6.07) is 3.57.